The van der Waals surface area contributed by atoms with E-state index in [2.05, 4.69) is 39.5 Å². The van der Waals surface area contributed by atoms with Crippen LogP contribution in [0.3, 0.4) is 0 Å². The predicted octanol–water partition coefficient (Wildman–Crippen LogP) is 5.63. The van der Waals surface area contributed by atoms with E-state index in [0.717, 1.165) is 30.4 Å². The van der Waals surface area contributed by atoms with Gasteiger partial charge >= 0.3 is 0 Å². The van der Waals surface area contributed by atoms with E-state index in [9.17, 15) is 0 Å². The second-order valence-electron chi connectivity index (χ2n) is 7.18. The quantitative estimate of drug-likeness (QED) is 0.505. The number of ether oxygens (including phenoxy) is 4. The SMILES string of the molecule is C=C/C=C(\C=C/CC)[C@H]1OC(CC)C2OC(/C(C)=C/C=C\C)OC(CC)C2O1. The lowest BCUT2D eigenvalue weighted by Gasteiger charge is -2.49. The van der Waals surface area contributed by atoms with Gasteiger partial charge in [0.25, 0.3) is 0 Å². The van der Waals surface area contributed by atoms with Crippen LogP contribution in [0.5, 0.6) is 0 Å². The second kappa shape index (κ2) is 11.5. The van der Waals surface area contributed by atoms with Crippen LogP contribution in [0.15, 0.2) is 60.3 Å². The van der Waals surface area contributed by atoms with Gasteiger partial charge in [-0.25, -0.2) is 0 Å². The van der Waals surface area contributed by atoms with Gasteiger partial charge in [-0.3, -0.25) is 0 Å². The number of allylic oxidation sites excluding steroid dienone is 6. The average Bonchev–Trinajstić information content (AvgIpc) is 2.73. The molecule has 0 radical (unpaired) electrons. The van der Waals surface area contributed by atoms with Gasteiger partial charge in [0.05, 0.1) is 12.2 Å². The van der Waals surface area contributed by atoms with E-state index in [0.29, 0.717) is 0 Å². The Labute approximate surface area is 170 Å². The number of hydrogen-bond acceptors (Lipinski definition) is 4. The van der Waals surface area contributed by atoms with Gasteiger partial charge in [-0.05, 0) is 38.7 Å². The van der Waals surface area contributed by atoms with Crippen LogP contribution in [0.1, 0.15) is 53.9 Å². The molecular formula is C24H36O4. The predicted molar refractivity (Wildman–Crippen MR) is 114 cm³/mol. The minimum absolute atomic E-state index is 0.0432. The lowest BCUT2D eigenvalue weighted by atomic mass is 9.95. The van der Waals surface area contributed by atoms with Gasteiger partial charge in [-0.1, -0.05) is 69.9 Å². The topological polar surface area (TPSA) is 36.9 Å². The molecule has 156 valence electrons. The zero-order valence-corrected chi connectivity index (χ0v) is 18.0. The van der Waals surface area contributed by atoms with Crippen molar-refractivity contribution in [2.45, 2.75) is 90.9 Å². The molecule has 0 saturated carbocycles. The molecule has 0 aliphatic carbocycles. The van der Waals surface area contributed by atoms with Crippen molar-refractivity contribution in [3.8, 4) is 0 Å². The molecule has 0 aromatic heterocycles. The first-order chi connectivity index (χ1) is 13.6. The monoisotopic (exact) mass is 388 g/mol. The van der Waals surface area contributed by atoms with Gasteiger partial charge in [0, 0.05) is 5.57 Å². The van der Waals surface area contributed by atoms with Crippen molar-refractivity contribution in [2.24, 2.45) is 0 Å². The summed E-state index contributed by atoms with van der Waals surface area (Å²) in [4.78, 5) is 0. The molecule has 0 bridgehead atoms. The van der Waals surface area contributed by atoms with Crippen LogP contribution in [-0.2, 0) is 18.9 Å². The summed E-state index contributed by atoms with van der Waals surface area (Å²) in [5.41, 5.74) is 2.01. The summed E-state index contributed by atoms with van der Waals surface area (Å²) in [6.45, 7) is 14.2. The summed E-state index contributed by atoms with van der Waals surface area (Å²) in [5.74, 6) is 0. The van der Waals surface area contributed by atoms with Gasteiger partial charge in [0.2, 0.25) is 0 Å². The Morgan fingerprint density at radius 3 is 2.04 bits per heavy atom. The smallest absolute Gasteiger partial charge is 0.184 e. The molecule has 2 aliphatic heterocycles. The van der Waals surface area contributed by atoms with E-state index in [1.807, 2.05) is 38.2 Å². The highest BCUT2D eigenvalue weighted by Gasteiger charge is 2.49. The fourth-order valence-electron chi connectivity index (χ4n) is 3.53. The van der Waals surface area contributed by atoms with Crippen molar-refractivity contribution in [3.05, 3.63) is 60.3 Å². The van der Waals surface area contributed by atoms with Crippen LogP contribution in [0.25, 0.3) is 0 Å². The van der Waals surface area contributed by atoms with E-state index in [1.54, 1.807) is 6.08 Å². The van der Waals surface area contributed by atoms with Crippen LogP contribution in [-0.4, -0.2) is 37.0 Å². The maximum Gasteiger partial charge on any atom is 0.184 e. The second-order valence-corrected chi connectivity index (χ2v) is 7.18. The molecule has 2 saturated heterocycles. The molecule has 0 amide bonds. The maximum atomic E-state index is 6.37. The van der Waals surface area contributed by atoms with Gasteiger partial charge in [0.1, 0.15) is 12.2 Å². The molecule has 28 heavy (non-hydrogen) atoms. The number of hydrogen-bond donors (Lipinski definition) is 0. The lowest BCUT2D eigenvalue weighted by molar-refractivity contribution is -0.362. The van der Waals surface area contributed by atoms with Crippen LogP contribution < -0.4 is 0 Å². The third kappa shape index (κ3) is 5.54. The summed E-state index contributed by atoms with van der Waals surface area (Å²) in [5, 5.41) is 0. The van der Waals surface area contributed by atoms with Crippen molar-refractivity contribution < 1.29 is 18.9 Å². The summed E-state index contributed by atoms with van der Waals surface area (Å²) < 4.78 is 25.3. The van der Waals surface area contributed by atoms with E-state index < -0.39 is 6.29 Å². The van der Waals surface area contributed by atoms with Gasteiger partial charge < -0.3 is 18.9 Å². The number of fused-ring (bicyclic) bond motifs is 1. The highest BCUT2D eigenvalue weighted by molar-refractivity contribution is 5.26. The Balaban J connectivity index is 2.26. The molecule has 4 heteroatoms. The molecule has 0 N–H and O–H groups in total. The molecule has 0 spiro atoms. The lowest BCUT2D eigenvalue weighted by Crippen LogP contribution is -2.61. The molecule has 2 heterocycles. The Morgan fingerprint density at radius 2 is 1.50 bits per heavy atom. The van der Waals surface area contributed by atoms with Crippen LogP contribution in [0, 0.1) is 0 Å². The minimum Gasteiger partial charge on any atom is -0.343 e. The van der Waals surface area contributed by atoms with Crippen molar-refractivity contribution >= 4 is 0 Å². The number of rotatable bonds is 8. The molecule has 5 unspecified atom stereocenters. The first-order valence-corrected chi connectivity index (χ1v) is 10.5. The molecule has 2 rings (SSSR count). The fraction of sp³-hybridized carbons (Fsp3) is 0.583. The van der Waals surface area contributed by atoms with Crippen molar-refractivity contribution in [2.75, 3.05) is 0 Å². The molecular weight excluding hydrogens is 352 g/mol. The van der Waals surface area contributed by atoms with E-state index >= 15 is 0 Å². The van der Waals surface area contributed by atoms with Crippen molar-refractivity contribution in [1.82, 2.24) is 0 Å². The van der Waals surface area contributed by atoms with E-state index in [-0.39, 0.29) is 30.7 Å². The fourth-order valence-corrected chi connectivity index (χ4v) is 3.53. The Hall–Kier alpha value is -1.46. The van der Waals surface area contributed by atoms with Crippen molar-refractivity contribution in [1.29, 1.82) is 0 Å². The highest BCUT2D eigenvalue weighted by atomic mass is 16.8. The zero-order valence-electron chi connectivity index (χ0n) is 18.0. The standard InChI is InChI=1S/C24H36O4/c1-7-12-15-17(6)23-25-19(10-4)22-21(27-23)20(11-5)26-24(28-22)18(14-9-3)16-13-8-2/h7,9,12-16,19-24H,3,8,10-11H2,1-2,4-6H3/b12-7-,16-13-,17-15+,18-14+/t19?,20?,21?,22?,23?,24-/m0/s1. The Kier molecular flexibility index (Phi) is 9.39. The molecule has 2 aliphatic rings. The molecule has 6 atom stereocenters. The van der Waals surface area contributed by atoms with Gasteiger partial charge in [-0.15, -0.1) is 0 Å². The summed E-state index contributed by atoms with van der Waals surface area (Å²) >= 11 is 0. The van der Waals surface area contributed by atoms with E-state index in [1.165, 1.54) is 0 Å². The Bertz CT molecular complexity index is 616. The van der Waals surface area contributed by atoms with E-state index in [4.69, 9.17) is 18.9 Å². The summed E-state index contributed by atoms with van der Waals surface area (Å²) in [6, 6.07) is 0. The zero-order chi connectivity index (χ0) is 20.5. The summed E-state index contributed by atoms with van der Waals surface area (Å²) in [7, 11) is 0. The van der Waals surface area contributed by atoms with Crippen LogP contribution in [0.2, 0.25) is 0 Å². The van der Waals surface area contributed by atoms with Crippen LogP contribution >= 0.6 is 0 Å². The third-order valence-electron chi connectivity index (χ3n) is 5.07. The third-order valence-corrected chi connectivity index (χ3v) is 5.07. The average molecular weight is 389 g/mol. The largest absolute Gasteiger partial charge is 0.343 e. The molecule has 4 nitrogen and oxygen atoms in total. The maximum absolute atomic E-state index is 6.37. The van der Waals surface area contributed by atoms with Gasteiger partial charge in [0.15, 0.2) is 12.6 Å². The van der Waals surface area contributed by atoms with Gasteiger partial charge in [-0.2, -0.15) is 0 Å². The molecule has 0 aromatic rings. The van der Waals surface area contributed by atoms with Crippen LogP contribution in [0.4, 0.5) is 0 Å². The normalized spacial score (nSPS) is 34.8. The summed E-state index contributed by atoms with van der Waals surface area (Å²) in [6.07, 6.45) is 15.3. The molecule has 2 fully saturated rings. The minimum atomic E-state index is -0.440. The Morgan fingerprint density at radius 1 is 0.893 bits per heavy atom. The highest BCUT2D eigenvalue weighted by Crippen LogP contribution is 2.36. The first-order valence-electron chi connectivity index (χ1n) is 10.5. The first kappa shape index (κ1) is 22.8. The molecule has 0 aromatic carbocycles. The van der Waals surface area contributed by atoms with Crippen molar-refractivity contribution in [3.63, 3.8) is 0 Å².